The molecule has 0 saturated carbocycles. The van der Waals surface area contributed by atoms with Gasteiger partial charge >= 0.3 is 12.0 Å². The zero-order valence-corrected chi connectivity index (χ0v) is 12.5. The normalized spacial score (nSPS) is 13.9. The number of nitrogens with one attached hydrogen (secondary N) is 2. The van der Waals surface area contributed by atoms with Crippen molar-refractivity contribution < 1.29 is 14.7 Å². The summed E-state index contributed by atoms with van der Waals surface area (Å²) in [6, 6.07) is -1.21. The van der Waals surface area contributed by atoms with E-state index in [4.69, 9.17) is 5.11 Å². The fourth-order valence-corrected chi connectivity index (χ4v) is 1.75. The number of carboxylic acid groups (broad SMARTS) is 1. The minimum atomic E-state index is -0.982. The molecule has 0 saturated heterocycles. The third kappa shape index (κ3) is 8.46. The highest BCUT2D eigenvalue weighted by atomic mass is 16.4. The molecule has 0 spiro atoms. The molecule has 0 fully saturated rings. The van der Waals surface area contributed by atoms with Crippen LogP contribution in [0.2, 0.25) is 0 Å². The van der Waals surface area contributed by atoms with Crippen LogP contribution in [0.25, 0.3) is 0 Å². The van der Waals surface area contributed by atoms with Crippen LogP contribution in [-0.4, -0.2) is 29.7 Å². The molecule has 0 aliphatic rings. The molecule has 3 N–H and O–H groups in total. The van der Waals surface area contributed by atoms with E-state index in [0.717, 1.165) is 19.3 Å². The van der Waals surface area contributed by atoms with E-state index in [2.05, 4.69) is 24.5 Å². The maximum absolute atomic E-state index is 11.6. The van der Waals surface area contributed by atoms with Crippen molar-refractivity contribution in [2.75, 3.05) is 6.54 Å². The zero-order valence-electron chi connectivity index (χ0n) is 12.5. The molecule has 0 aliphatic carbocycles. The number of hydrogen-bond donors (Lipinski definition) is 3. The second-order valence-corrected chi connectivity index (χ2v) is 5.49. The molecule has 5 nitrogen and oxygen atoms in total. The lowest BCUT2D eigenvalue weighted by Crippen LogP contribution is -2.49. The number of hydrogen-bond acceptors (Lipinski definition) is 2. The average Bonchev–Trinajstić information content (AvgIpc) is 2.33. The number of unbranched alkanes of at least 4 members (excludes halogenated alkanes) is 1. The molecule has 0 rings (SSSR count). The Morgan fingerprint density at radius 3 is 2.26 bits per heavy atom. The van der Waals surface area contributed by atoms with Crippen molar-refractivity contribution in [1.29, 1.82) is 0 Å². The number of rotatable bonds is 9. The maximum atomic E-state index is 11.6. The van der Waals surface area contributed by atoms with E-state index in [1.807, 2.05) is 13.8 Å². The van der Waals surface area contributed by atoms with Crippen molar-refractivity contribution in [2.45, 2.75) is 59.4 Å². The summed E-state index contributed by atoms with van der Waals surface area (Å²) in [6.07, 6.45) is 3.86. The van der Waals surface area contributed by atoms with Crippen molar-refractivity contribution >= 4 is 12.0 Å². The predicted octanol–water partition coefficient (Wildman–Crippen LogP) is 2.61. The number of carbonyl (C=O) groups is 2. The SMILES string of the molecule is CCC(C)[C@H](NC(=O)NCCCCC(C)C)C(=O)O. The van der Waals surface area contributed by atoms with Crippen LogP contribution in [0, 0.1) is 11.8 Å². The average molecular weight is 272 g/mol. The molecule has 2 amide bonds. The van der Waals surface area contributed by atoms with Crippen LogP contribution in [0.3, 0.4) is 0 Å². The molecule has 112 valence electrons. The van der Waals surface area contributed by atoms with E-state index in [-0.39, 0.29) is 5.92 Å². The first-order chi connectivity index (χ1) is 8.88. The van der Waals surface area contributed by atoms with E-state index in [1.54, 1.807) is 0 Å². The van der Waals surface area contributed by atoms with Gasteiger partial charge in [-0.3, -0.25) is 0 Å². The first kappa shape index (κ1) is 17.7. The quantitative estimate of drug-likeness (QED) is 0.564. The molecule has 1 unspecified atom stereocenters. The third-order valence-corrected chi connectivity index (χ3v) is 3.26. The van der Waals surface area contributed by atoms with Crippen molar-refractivity contribution in [3.8, 4) is 0 Å². The van der Waals surface area contributed by atoms with E-state index in [9.17, 15) is 9.59 Å². The second-order valence-electron chi connectivity index (χ2n) is 5.49. The van der Waals surface area contributed by atoms with E-state index >= 15 is 0 Å². The highest BCUT2D eigenvalue weighted by Crippen LogP contribution is 2.08. The van der Waals surface area contributed by atoms with Crippen LogP contribution >= 0.6 is 0 Å². The van der Waals surface area contributed by atoms with Gasteiger partial charge in [-0.15, -0.1) is 0 Å². The van der Waals surface area contributed by atoms with Crippen LogP contribution in [-0.2, 0) is 4.79 Å². The Balaban J connectivity index is 3.91. The topological polar surface area (TPSA) is 78.4 Å². The van der Waals surface area contributed by atoms with Crippen LogP contribution in [0.15, 0.2) is 0 Å². The Morgan fingerprint density at radius 2 is 1.79 bits per heavy atom. The molecular weight excluding hydrogens is 244 g/mol. The van der Waals surface area contributed by atoms with Gasteiger partial charge in [0.2, 0.25) is 0 Å². The Hall–Kier alpha value is -1.26. The molecule has 2 atom stereocenters. The zero-order chi connectivity index (χ0) is 14.8. The lowest BCUT2D eigenvalue weighted by Gasteiger charge is -2.20. The van der Waals surface area contributed by atoms with Gasteiger partial charge in [-0.1, -0.05) is 47.0 Å². The van der Waals surface area contributed by atoms with Crippen molar-refractivity contribution in [1.82, 2.24) is 10.6 Å². The highest BCUT2D eigenvalue weighted by Gasteiger charge is 2.24. The summed E-state index contributed by atoms with van der Waals surface area (Å²) in [5.41, 5.74) is 0. The smallest absolute Gasteiger partial charge is 0.326 e. The molecular formula is C14H28N2O3. The summed E-state index contributed by atoms with van der Waals surface area (Å²) >= 11 is 0. The molecule has 0 heterocycles. The number of carbonyl (C=O) groups excluding carboxylic acids is 1. The minimum Gasteiger partial charge on any atom is -0.480 e. The molecule has 0 bridgehead atoms. The number of aliphatic carboxylic acids is 1. The first-order valence-electron chi connectivity index (χ1n) is 7.15. The molecule has 0 aliphatic heterocycles. The minimum absolute atomic E-state index is 0.0795. The summed E-state index contributed by atoms with van der Waals surface area (Å²) in [5, 5.41) is 14.3. The lowest BCUT2D eigenvalue weighted by atomic mass is 9.99. The predicted molar refractivity (Wildman–Crippen MR) is 76.1 cm³/mol. The van der Waals surface area contributed by atoms with Gasteiger partial charge < -0.3 is 15.7 Å². The molecule has 0 aromatic rings. The highest BCUT2D eigenvalue weighted by molar-refractivity contribution is 5.82. The molecule has 0 aromatic heterocycles. The van der Waals surface area contributed by atoms with E-state index in [0.29, 0.717) is 18.9 Å². The van der Waals surface area contributed by atoms with Crippen LogP contribution < -0.4 is 10.6 Å². The summed E-state index contributed by atoms with van der Waals surface area (Å²) in [6.45, 7) is 8.66. The fourth-order valence-electron chi connectivity index (χ4n) is 1.75. The van der Waals surface area contributed by atoms with E-state index in [1.165, 1.54) is 0 Å². The van der Waals surface area contributed by atoms with Crippen molar-refractivity contribution in [3.05, 3.63) is 0 Å². The van der Waals surface area contributed by atoms with Crippen LogP contribution in [0.1, 0.15) is 53.4 Å². The first-order valence-corrected chi connectivity index (χ1v) is 7.15. The number of urea groups is 1. The summed E-state index contributed by atoms with van der Waals surface area (Å²) < 4.78 is 0. The fraction of sp³-hybridized carbons (Fsp3) is 0.857. The number of amides is 2. The van der Waals surface area contributed by atoms with Gasteiger partial charge in [-0.05, 0) is 18.3 Å². The summed E-state index contributed by atoms with van der Waals surface area (Å²) in [5.74, 6) is -0.385. The van der Waals surface area contributed by atoms with Gasteiger partial charge in [0.05, 0.1) is 0 Å². The maximum Gasteiger partial charge on any atom is 0.326 e. The molecule has 0 radical (unpaired) electrons. The monoisotopic (exact) mass is 272 g/mol. The largest absolute Gasteiger partial charge is 0.480 e. The molecule has 19 heavy (non-hydrogen) atoms. The lowest BCUT2D eigenvalue weighted by molar-refractivity contribution is -0.140. The second kappa shape index (κ2) is 9.64. The van der Waals surface area contributed by atoms with E-state index < -0.39 is 18.0 Å². The van der Waals surface area contributed by atoms with Gasteiger partial charge in [0, 0.05) is 6.54 Å². The van der Waals surface area contributed by atoms with Crippen LogP contribution in [0.4, 0.5) is 4.79 Å². The number of carboxylic acids is 1. The summed E-state index contributed by atoms with van der Waals surface area (Å²) in [4.78, 5) is 22.6. The molecule has 0 aromatic carbocycles. The van der Waals surface area contributed by atoms with Crippen molar-refractivity contribution in [3.63, 3.8) is 0 Å². The Morgan fingerprint density at radius 1 is 1.16 bits per heavy atom. The Bertz CT molecular complexity index is 280. The standard InChI is InChI=1S/C14H28N2O3/c1-5-11(4)12(13(17)18)16-14(19)15-9-7-6-8-10(2)3/h10-12H,5-9H2,1-4H3,(H,17,18)(H2,15,16,19)/t11?,12-/m0/s1. The van der Waals surface area contributed by atoms with Gasteiger partial charge in [-0.2, -0.15) is 0 Å². The van der Waals surface area contributed by atoms with Crippen molar-refractivity contribution in [2.24, 2.45) is 11.8 Å². The Kier molecular flexibility index (Phi) is 9.00. The van der Waals surface area contributed by atoms with Gasteiger partial charge in [0.1, 0.15) is 6.04 Å². The summed E-state index contributed by atoms with van der Waals surface area (Å²) in [7, 11) is 0. The Labute approximate surface area is 116 Å². The van der Waals surface area contributed by atoms with Crippen LogP contribution in [0.5, 0.6) is 0 Å². The third-order valence-electron chi connectivity index (χ3n) is 3.26. The molecule has 5 heteroatoms. The van der Waals surface area contributed by atoms with Gasteiger partial charge in [-0.25, -0.2) is 9.59 Å². The van der Waals surface area contributed by atoms with Gasteiger partial charge in [0.25, 0.3) is 0 Å². The van der Waals surface area contributed by atoms with Gasteiger partial charge in [0.15, 0.2) is 0 Å².